The molecule has 0 fully saturated rings. The number of urea groups is 1. The van der Waals surface area contributed by atoms with Gasteiger partial charge in [0.25, 0.3) is 5.91 Å². The number of rotatable bonds is 2. The lowest BCUT2D eigenvalue weighted by atomic mass is 10.2. The van der Waals surface area contributed by atoms with Gasteiger partial charge in [-0.2, -0.15) is 26.3 Å². The van der Waals surface area contributed by atoms with Crippen molar-refractivity contribution in [1.29, 1.82) is 0 Å². The molecule has 2 rings (SSSR count). The Labute approximate surface area is 151 Å². The second-order valence-electron chi connectivity index (χ2n) is 4.84. The number of amides is 3. The highest BCUT2D eigenvalue weighted by atomic mass is 35.5. The third-order valence-corrected chi connectivity index (χ3v) is 3.22. The molecule has 3 amide bonds. The molecule has 0 aliphatic heterocycles. The van der Waals surface area contributed by atoms with E-state index in [1.54, 1.807) is 10.6 Å². The van der Waals surface area contributed by atoms with Gasteiger partial charge in [-0.3, -0.25) is 10.1 Å². The molecule has 0 bridgehead atoms. The molecule has 6 nitrogen and oxygen atoms in total. The number of anilines is 1. The van der Waals surface area contributed by atoms with Crippen LogP contribution < -0.4 is 10.6 Å². The number of aromatic nitrogens is 2. The van der Waals surface area contributed by atoms with Crippen molar-refractivity contribution in [3.63, 3.8) is 0 Å². The first-order valence-corrected chi connectivity index (χ1v) is 7.15. The molecule has 0 aromatic carbocycles. The lowest BCUT2D eigenvalue weighted by Crippen LogP contribution is -2.35. The summed E-state index contributed by atoms with van der Waals surface area (Å²) in [6, 6.07) is 1.76. The van der Waals surface area contributed by atoms with E-state index in [-0.39, 0.29) is 0 Å². The SMILES string of the molecule is O=C(NC(=O)c1ccc(C(F)(F)F)nc1Cl)Nc1cccnc1C(F)(F)F. The van der Waals surface area contributed by atoms with Crippen molar-refractivity contribution < 1.29 is 35.9 Å². The summed E-state index contributed by atoms with van der Waals surface area (Å²) in [6.45, 7) is 0. The lowest BCUT2D eigenvalue weighted by Gasteiger charge is -2.13. The van der Waals surface area contributed by atoms with E-state index in [1.165, 1.54) is 0 Å². The molecule has 2 heterocycles. The summed E-state index contributed by atoms with van der Waals surface area (Å²) in [4.78, 5) is 29.7. The molecule has 0 aliphatic rings. The predicted octanol–water partition coefficient (Wildman–Crippen LogP) is 4.13. The van der Waals surface area contributed by atoms with Gasteiger partial charge in [0.05, 0.1) is 11.3 Å². The van der Waals surface area contributed by atoms with Gasteiger partial charge >= 0.3 is 18.4 Å². The van der Waals surface area contributed by atoms with Gasteiger partial charge in [0.1, 0.15) is 10.8 Å². The summed E-state index contributed by atoms with van der Waals surface area (Å²) in [5, 5.41) is 2.57. The molecular formula is C14H7ClF6N4O2. The summed E-state index contributed by atoms with van der Waals surface area (Å²) < 4.78 is 75.9. The maximum absolute atomic E-state index is 12.8. The number of hydrogen-bond donors (Lipinski definition) is 2. The molecule has 0 radical (unpaired) electrons. The maximum atomic E-state index is 12.8. The summed E-state index contributed by atoms with van der Waals surface area (Å²) in [7, 11) is 0. The number of alkyl halides is 6. The van der Waals surface area contributed by atoms with Crippen LogP contribution in [0.25, 0.3) is 0 Å². The standard InChI is InChI=1S/C14H7ClF6N4O2/c15-10-6(3-4-8(24-10)13(16,17)18)11(26)25-12(27)23-7-2-1-5-22-9(7)14(19,20)21/h1-5H,(H2,23,25,26,27). The van der Waals surface area contributed by atoms with Gasteiger partial charge in [-0.15, -0.1) is 0 Å². The molecule has 0 aliphatic carbocycles. The number of carbonyl (C=O) groups is 2. The van der Waals surface area contributed by atoms with Gasteiger partial charge in [-0.05, 0) is 24.3 Å². The fourth-order valence-corrected chi connectivity index (χ4v) is 2.06. The maximum Gasteiger partial charge on any atom is 0.435 e. The minimum absolute atomic E-state index is 0.460. The van der Waals surface area contributed by atoms with Crippen molar-refractivity contribution in [3.8, 4) is 0 Å². The van der Waals surface area contributed by atoms with Gasteiger partial charge in [0.2, 0.25) is 0 Å². The van der Waals surface area contributed by atoms with Crippen molar-refractivity contribution >= 4 is 29.2 Å². The van der Waals surface area contributed by atoms with E-state index in [9.17, 15) is 35.9 Å². The molecule has 0 atom stereocenters. The second-order valence-corrected chi connectivity index (χ2v) is 5.20. The van der Waals surface area contributed by atoms with Crippen LogP contribution in [0.1, 0.15) is 21.7 Å². The van der Waals surface area contributed by atoms with Gasteiger partial charge in [0.15, 0.2) is 5.69 Å². The molecule has 2 aromatic heterocycles. The van der Waals surface area contributed by atoms with Crippen LogP contribution >= 0.6 is 11.6 Å². The quantitative estimate of drug-likeness (QED) is 0.574. The molecule has 27 heavy (non-hydrogen) atoms. The average Bonchev–Trinajstić information content (AvgIpc) is 2.53. The highest BCUT2D eigenvalue weighted by Crippen LogP contribution is 2.32. The number of nitrogens with zero attached hydrogens (tertiary/aromatic N) is 2. The zero-order chi connectivity index (χ0) is 20.4. The van der Waals surface area contributed by atoms with E-state index < -0.39 is 52.1 Å². The summed E-state index contributed by atoms with van der Waals surface area (Å²) >= 11 is 5.50. The normalized spacial score (nSPS) is 11.8. The smallest absolute Gasteiger partial charge is 0.306 e. The molecule has 13 heteroatoms. The molecule has 144 valence electrons. The Morgan fingerprint density at radius 1 is 1.00 bits per heavy atom. The number of imide groups is 1. The summed E-state index contributed by atoms with van der Waals surface area (Å²) in [6.07, 6.45) is -8.82. The zero-order valence-corrected chi connectivity index (χ0v) is 13.5. The molecule has 2 N–H and O–H groups in total. The highest BCUT2D eigenvalue weighted by Gasteiger charge is 2.36. The number of pyridine rings is 2. The molecule has 0 saturated heterocycles. The summed E-state index contributed by atoms with van der Waals surface area (Å²) in [5.74, 6) is -1.27. The number of nitrogens with one attached hydrogen (secondary N) is 2. The van der Waals surface area contributed by atoms with Crippen LogP contribution in [0.5, 0.6) is 0 Å². The third kappa shape index (κ3) is 5.06. The van der Waals surface area contributed by atoms with Crippen LogP contribution in [0.2, 0.25) is 5.15 Å². The minimum atomic E-state index is -4.87. The monoisotopic (exact) mass is 412 g/mol. The van der Waals surface area contributed by atoms with Crippen LogP contribution in [-0.2, 0) is 12.4 Å². The van der Waals surface area contributed by atoms with Crippen molar-refractivity contribution in [2.75, 3.05) is 5.32 Å². The molecule has 0 unspecified atom stereocenters. The molecule has 0 saturated carbocycles. The lowest BCUT2D eigenvalue weighted by molar-refractivity contribution is -0.141. The molecular weight excluding hydrogens is 406 g/mol. The molecule has 0 spiro atoms. The van der Waals surface area contributed by atoms with Crippen LogP contribution in [-0.4, -0.2) is 21.9 Å². The first-order valence-electron chi connectivity index (χ1n) is 6.78. The van der Waals surface area contributed by atoms with Gasteiger partial charge in [-0.25, -0.2) is 14.8 Å². The second kappa shape index (κ2) is 7.39. The van der Waals surface area contributed by atoms with Crippen LogP contribution in [0.4, 0.5) is 36.8 Å². The Morgan fingerprint density at radius 2 is 1.67 bits per heavy atom. The van der Waals surface area contributed by atoms with Crippen LogP contribution in [0.15, 0.2) is 30.5 Å². The predicted molar refractivity (Wildman–Crippen MR) is 80.0 cm³/mol. The Hall–Kier alpha value is -2.89. The number of halogens is 7. The Kier molecular flexibility index (Phi) is 5.59. The first kappa shape index (κ1) is 20.4. The fraction of sp³-hybridized carbons (Fsp3) is 0.143. The van der Waals surface area contributed by atoms with Crippen LogP contribution in [0.3, 0.4) is 0 Å². The number of hydrogen-bond acceptors (Lipinski definition) is 4. The van der Waals surface area contributed by atoms with Crippen molar-refractivity contribution in [2.24, 2.45) is 0 Å². The largest absolute Gasteiger partial charge is 0.435 e. The van der Waals surface area contributed by atoms with Gasteiger partial charge in [0, 0.05) is 6.20 Å². The van der Waals surface area contributed by atoms with E-state index in [4.69, 9.17) is 11.6 Å². The highest BCUT2D eigenvalue weighted by molar-refractivity contribution is 6.33. The Morgan fingerprint density at radius 3 is 2.22 bits per heavy atom. The van der Waals surface area contributed by atoms with Gasteiger partial charge < -0.3 is 5.32 Å². The number of carbonyl (C=O) groups excluding carboxylic acids is 2. The third-order valence-electron chi connectivity index (χ3n) is 2.94. The van der Waals surface area contributed by atoms with Gasteiger partial charge in [-0.1, -0.05) is 11.6 Å². The topological polar surface area (TPSA) is 84.0 Å². The first-order chi connectivity index (χ1) is 12.4. The van der Waals surface area contributed by atoms with Crippen LogP contribution in [0, 0.1) is 0 Å². The van der Waals surface area contributed by atoms with E-state index in [1.807, 2.05) is 0 Å². The van der Waals surface area contributed by atoms with Crippen molar-refractivity contribution in [2.45, 2.75) is 12.4 Å². The Bertz CT molecular complexity index is 885. The van der Waals surface area contributed by atoms with Crippen molar-refractivity contribution in [1.82, 2.24) is 15.3 Å². The fourth-order valence-electron chi connectivity index (χ4n) is 1.82. The summed E-state index contributed by atoms with van der Waals surface area (Å²) in [5.41, 5.74) is -4.07. The zero-order valence-electron chi connectivity index (χ0n) is 12.7. The van der Waals surface area contributed by atoms with E-state index >= 15 is 0 Å². The minimum Gasteiger partial charge on any atom is -0.306 e. The average molecular weight is 413 g/mol. The van der Waals surface area contributed by atoms with E-state index in [0.717, 1.165) is 18.3 Å². The van der Waals surface area contributed by atoms with Crippen molar-refractivity contribution in [3.05, 3.63) is 52.6 Å². The van der Waals surface area contributed by atoms with E-state index in [0.29, 0.717) is 12.1 Å². The Balaban J connectivity index is 2.15. The van der Waals surface area contributed by atoms with E-state index in [2.05, 4.69) is 9.97 Å². The molecule has 2 aromatic rings.